The number of non-ortho nitro benzene ring substituents is 1. The van der Waals surface area contributed by atoms with Gasteiger partial charge in [0.05, 0.1) is 10.5 Å². The molecule has 4 N–H and O–H groups in total. The van der Waals surface area contributed by atoms with Crippen molar-refractivity contribution in [2.45, 2.75) is 18.9 Å². The minimum atomic E-state index is -0.671. The molecule has 0 aromatic heterocycles. The first kappa shape index (κ1) is 13.3. The lowest BCUT2D eigenvalue weighted by molar-refractivity contribution is -0.384. The van der Waals surface area contributed by atoms with Crippen LogP contribution >= 0.6 is 0 Å². The Morgan fingerprint density at radius 1 is 1.53 bits per heavy atom. The zero-order valence-electron chi connectivity index (χ0n) is 10.4. The normalized spacial score (nSPS) is 18.8. The van der Waals surface area contributed by atoms with Crippen molar-refractivity contribution < 1.29 is 9.72 Å². The van der Waals surface area contributed by atoms with Crippen molar-refractivity contribution in [1.29, 1.82) is 0 Å². The van der Waals surface area contributed by atoms with Crippen LogP contribution in [0.2, 0.25) is 0 Å². The lowest BCUT2D eigenvalue weighted by Crippen LogP contribution is -2.38. The van der Waals surface area contributed by atoms with Crippen LogP contribution in [0.4, 0.5) is 11.4 Å². The molecule has 1 aliphatic rings. The number of rotatable bonds is 4. The van der Waals surface area contributed by atoms with Gasteiger partial charge in [0.25, 0.3) is 11.6 Å². The summed E-state index contributed by atoms with van der Waals surface area (Å²) in [5.41, 5.74) is 5.83. The van der Waals surface area contributed by atoms with Gasteiger partial charge >= 0.3 is 0 Å². The molecule has 1 fully saturated rings. The van der Waals surface area contributed by atoms with Crippen LogP contribution in [-0.2, 0) is 0 Å². The molecule has 1 heterocycles. The number of carbonyl (C=O) groups is 1. The largest absolute Gasteiger partial charge is 0.380 e. The lowest BCUT2D eigenvalue weighted by atomic mass is 10.1. The van der Waals surface area contributed by atoms with Crippen molar-refractivity contribution in [2.75, 3.05) is 18.4 Å². The third kappa shape index (κ3) is 3.19. The number of primary amides is 1. The van der Waals surface area contributed by atoms with E-state index in [9.17, 15) is 14.9 Å². The van der Waals surface area contributed by atoms with Crippen LogP contribution in [0.5, 0.6) is 0 Å². The second-order valence-electron chi connectivity index (χ2n) is 4.54. The molecule has 19 heavy (non-hydrogen) atoms. The molecule has 0 aliphatic carbocycles. The minimum absolute atomic E-state index is 0.138. The van der Waals surface area contributed by atoms with Gasteiger partial charge in [0.2, 0.25) is 0 Å². The van der Waals surface area contributed by atoms with Crippen LogP contribution in [0.15, 0.2) is 18.2 Å². The zero-order chi connectivity index (χ0) is 13.8. The van der Waals surface area contributed by atoms with Crippen molar-refractivity contribution in [1.82, 2.24) is 5.32 Å². The molecule has 1 unspecified atom stereocenters. The molecule has 7 nitrogen and oxygen atoms in total. The predicted molar refractivity (Wildman–Crippen MR) is 71.1 cm³/mol. The van der Waals surface area contributed by atoms with E-state index in [4.69, 9.17) is 5.73 Å². The molecular formula is C12H16N4O3. The smallest absolute Gasteiger partial charge is 0.270 e. The van der Waals surface area contributed by atoms with Gasteiger partial charge in [0.15, 0.2) is 0 Å². The molecule has 1 atom stereocenters. The molecule has 0 saturated carbocycles. The highest BCUT2D eigenvalue weighted by molar-refractivity contribution is 5.99. The van der Waals surface area contributed by atoms with Gasteiger partial charge in [-0.25, -0.2) is 0 Å². The zero-order valence-corrected chi connectivity index (χ0v) is 10.4. The highest BCUT2D eigenvalue weighted by atomic mass is 16.6. The van der Waals surface area contributed by atoms with Crippen LogP contribution in [0.25, 0.3) is 0 Å². The monoisotopic (exact) mass is 264 g/mol. The third-order valence-electron chi connectivity index (χ3n) is 3.14. The Bertz CT molecular complexity index is 498. The van der Waals surface area contributed by atoms with Crippen molar-refractivity contribution in [3.05, 3.63) is 33.9 Å². The van der Waals surface area contributed by atoms with Gasteiger partial charge in [0, 0.05) is 30.4 Å². The highest BCUT2D eigenvalue weighted by Gasteiger charge is 2.18. The first-order valence-corrected chi connectivity index (χ1v) is 6.13. The van der Waals surface area contributed by atoms with Crippen LogP contribution in [0, 0.1) is 10.1 Å². The second-order valence-corrected chi connectivity index (χ2v) is 4.54. The molecule has 7 heteroatoms. The van der Waals surface area contributed by atoms with Gasteiger partial charge < -0.3 is 16.4 Å². The third-order valence-corrected chi connectivity index (χ3v) is 3.14. The summed E-state index contributed by atoms with van der Waals surface area (Å²) >= 11 is 0. The molecule has 102 valence electrons. The van der Waals surface area contributed by atoms with E-state index in [1.807, 2.05) is 0 Å². The maximum atomic E-state index is 11.4. The Morgan fingerprint density at radius 3 is 2.89 bits per heavy atom. The van der Waals surface area contributed by atoms with E-state index >= 15 is 0 Å². The number of piperidine rings is 1. The molecular weight excluding hydrogens is 248 g/mol. The van der Waals surface area contributed by atoms with Crippen molar-refractivity contribution >= 4 is 17.3 Å². The van der Waals surface area contributed by atoms with Crippen molar-refractivity contribution in [3.8, 4) is 0 Å². The lowest BCUT2D eigenvalue weighted by Gasteiger charge is -2.25. The summed E-state index contributed by atoms with van der Waals surface area (Å²) in [5.74, 6) is -0.671. The summed E-state index contributed by atoms with van der Waals surface area (Å²) in [5, 5.41) is 17.2. The van der Waals surface area contributed by atoms with E-state index in [0.29, 0.717) is 5.69 Å². The fourth-order valence-electron chi connectivity index (χ4n) is 2.17. The van der Waals surface area contributed by atoms with E-state index < -0.39 is 10.8 Å². The Morgan fingerprint density at radius 2 is 2.32 bits per heavy atom. The van der Waals surface area contributed by atoms with Crippen molar-refractivity contribution in [3.63, 3.8) is 0 Å². The molecule has 1 amide bonds. The molecule has 0 bridgehead atoms. The number of hydrogen-bond acceptors (Lipinski definition) is 5. The molecule has 1 saturated heterocycles. The summed E-state index contributed by atoms with van der Waals surface area (Å²) in [6.45, 7) is 1.79. The average molecular weight is 264 g/mol. The Hall–Kier alpha value is -2.15. The fraction of sp³-hybridized carbons (Fsp3) is 0.417. The minimum Gasteiger partial charge on any atom is -0.380 e. The SMILES string of the molecule is NC(=O)c1cc([N+](=O)[O-])ccc1NC1CCCNC1. The number of nitro groups is 1. The number of hydrogen-bond donors (Lipinski definition) is 3. The van der Waals surface area contributed by atoms with Crippen LogP contribution in [-0.4, -0.2) is 30.0 Å². The maximum Gasteiger partial charge on any atom is 0.270 e. The standard InChI is InChI=1S/C12H16N4O3/c13-12(17)10-6-9(16(18)19)3-4-11(10)15-8-2-1-5-14-7-8/h3-4,6,8,14-15H,1-2,5,7H2,(H2,13,17). The van der Waals surface area contributed by atoms with E-state index in [1.165, 1.54) is 18.2 Å². The van der Waals surface area contributed by atoms with E-state index in [0.717, 1.165) is 25.9 Å². The number of nitrogens with one attached hydrogen (secondary N) is 2. The summed E-state index contributed by atoms with van der Waals surface area (Å²) in [6, 6.07) is 4.31. The van der Waals surface area contributed by atoms with Crippen LogP contribution in [0.3, 0.4) is 0 Å². The topological polar surface area (TPSA) is 110 Å². The number of nitrogens with two attached hydrogens (primary N) is 1. The molecule has 2 rings (SSSR count). The number of benzene rings is 1. The number of anilines is 1. The number of amides is 1. The Labute approximate surface area is 110 Å². The molecule has 1 aromatic carbocycles. The summed E-state index contributed by atoms with van der Waals surface area (Å²) < 4.78 is 0. The van der Waals surface area contributed by atoms with Gasteiger partial charge in [-0.3, -0.25) is 14.9 Å². The molecule has 0 spiro atoms. The van der Waals surface area contributed by atoms with E-state index in [2.05, 4.69) is 10.6 Å². The highest BCUT2D eigenvalue weighted by Crippen LogP contribution is 2.23. The summed E-state index contributed by atoms with van der Waals surface area (Å²) in [4.78, 5) is 21.5. The Kier molecular flexibility index (Phi) is 3.96. The first-order valence-electron chi connectivity index (χ1n) is 6.13. The fourth-order valence-corrected chi connectivity index (χ4v) is 2.17. The first-order chi connectivity index (χ1) is 9.08. The van der Waals surface area contributed by atoms with Gasteiger partial charge in [-0.15, -0.1) is 0 Å². The van der Waals surface area contributed by atoms with Gasteiger partial charge in [0.1, 0.15) is 0 Å². The maximum absolute atomic E-state index is 11.4. The number of carbonyl (C=O) groups excluding carboxylic acids is 1. The quantitative estimate of drug-likeness (QED) is 0.551. The van der Waals surface area contributed by atoms with Crippen molar-refractivity contribution in [2.24, 2.45) is 5.73 Å². The van der Waals surface area contributed by atoms with Crippen LogP contribution in [0.1, 0.15) is 23.2 Å². The predicted octanol–water partition coefficient (Wildman–Crippen LogP) is 0.858. The van der Waals surface area contributed by atoms with Gasteiger partial charge in [-0.2, -0.15) is 0 Å². The van der Waals surface area contributed by atoms with Crippen LogP contribution < -0.4 is 16.4 Å². The molecule has 0 radical (unpaired) electrons. The molecule has 1 aromatic rings. The van der Waals surface area contributed by atoms with Gasteiger partial charge in [-0.05, 0) is 25.5 Å². The second kappa shape index (κ2) is 5.66. The number of nitrogens with zero attached hydrogens (tertiary/aromatic N) is 1. The summed E-state index contributed by atoms with van der Waals surface area (Å²) in [7, 11) is 0. The van der Waals surface area contributed by atoms with Gasteiger partial charge in [-0.1, -0.05) is 0 Å². The summed E-state index contributed by atoms with van der Waals surface area (Å²) in [6.07, 6.45) is 2.04. The molecule has 1 aliphatic heterocycles. The van der Waals surface area contributed by atoms with E-state index in [-0.39, 0.29) is 17.3 Å². The average Bonchev–Trinajstić information content (AvgIpc) is 2.39. The van der Waals surface area contributed by atoms with E-state index in [1.54, 1.807) is 0 Å². The Balaban J connectivity index is 2.23. The number of nitro benzene ring substituents is 1.